The van der Waals surface area contributed by atoms with E-state index < -0.39 is 0 Å². The molecule has 0 fully saturated rings. The third-order valence-electron chi connectivity index (χ3n) is 1.72. The molecule has 0 saturated heterocycles. The van der Waals surface area contributed by atoms with E-state index in [1.54, 1.807) is 6.20 Å². The van der Waals surface area contributed by atoms with Crippen molar-refractivity contribution in [3.8, 4) is 0 Å². The van der Waals surface area contributed by atoms with E-state index in [2.05, 4.69) is 4.98 Å². The van der Waals surface area contributed by atoms with Crippen LogP contribution in [0.5, 0.6) is 0 Å². The molecule has 0 radical (unpaired) electrons. The highest BCUT2D eigenvalue weighted by molar-refractivity contribution is 5.17. The zero-order valence-corrected chi connectivity index (χ0v) is 6.91. The molecule has 0 bridgehead atoms. The normalized spacial score (nSPS) is 13.0. The van der Waals surface area contributed by atoms with E-state index in [4.69, 9.17) is 5.11 Å². The highest BCUT2D eigenvalue weighted by Gasteiger charge is 2.03. The largest absolute Gasteiger partial charge is 0.396 e. The van der Waals surface area contributed by atoms with Gasteiger partial charge in [-0.15, -0.1) is 0 Å². The molecule has 1 aromatic rings. The minimum Gasteiger partial charge on any atom is -0.396 e. The topological polar surface area (TPSA) is 33.1 Å². The molecule has 0 spiro atoms. The highest BCUT2D eigenvalue weighted by atomic mass is 16.3. The maximum Gasteiger partial charge on any atom is 0.0512 e. The maximum absolute atomic E-state index is 8.84. The van der Waals surface area contributed by atoms with Crippen LogP contribution < -0.4 is 0 Å². The van der Waals surface area contributed by atoms with Crippen molar-refractivity contribution in [2.24, 2.45) is 0 Å². The van der Waals surface area contributed by atoms with Crippen LogP contribution in [-0.2, 0) is 0 Å². The van der Waals surface area contributed by atoms with Crippen LogP contribution in [0.3, 0.4) is 0 Å². The third kappa shape index (κ3) is 2.02. The minimum absolute atomic E-state index is 0.148. The Morgan fingerprint density at radius 3 is 2.91 bits per heavy atom. The van der Waals surface area contributed by atoms with E-state index >= 15 is 0 Å². The van der Waals surface area contributed by atoms with Crippen molar-refractivity contribution >= 4 is 0 Å². The molecule has 1 aromatic heterocycles. The van der Waals surface area contributed by atoms with Gasteiger partial charge in [0.2, 0.25) is 0 Å². The van der Waals surface area contributed by atoms with Crippen molar-refractivity contribution in [3.05, 3.63) is 29.6 Å². The van der Waals surface area contributed by atoms with Crippen LogP contribution >= 0.6 is 0 Å². The summed E-state index contributed by atoms with van der Waals surface area (Å²) in [6.07, 6.45) is 1.77. The number of rotatable bonds is 2. The fourth-order valence-electron chi connectivity index (χ4n) is 0.923. The van der Waals surface area contributed by atoms with Crippen LogP contribution in [-0.4, -0.2) is 16.7 Å². The molecular weight excluding hydrogens is 138 g/mol. The summed E-state index contributed by atoms with van der Waals surface area (Å²) in [6, 6.07) is 3.95. The number of aliphatic hydroxyl groups excluding tert-OH is 1. The van der Waals surface area contributed by atoms with Gasteiger partial charge in [0.25, 0.3) is 0 Å². The molecule has 0 saturated carbocycles. The first-order valence-electron chi connectivity index (χ1n) is 3.77. The molecule has 0 aliphatic heterocycles. The van der Waals surface area contributed by atoms with Crippen LogP contribution in [0.2, 0.25) is 0 Å². The van der Waals surface area contributed by atoms with Gasteiger partial charge in [0, 0.05) is 17.8 Å². The van der Waals surface area contributed by atoms with Crippen LogP contribution in [0.25, 0.3) is 0 Å². The number of hydrogen-bond donors (Lipinski definition) is 1. The summed E-state index contributed by atoms with van der Waals surface area (Å²) in [7, 11) is 0. The fraction of sp³-hybridized carbons (Fsp3) is 0.444. The quantitative estimate of drug-likeness (QED) is 0.694. The van der Waals surface area contributed by atoms with Crippen molar-refractivity contribution in [1.82, 2.24) is 4.98 Å². The van der Waals surface area contributed by atoms with Gasteiger partial charge in [-0.3, -0.25) is 4.98 Å². The average molecular weight is 151 g/mol. The Morgan fingerprint density at radius 2 is 2.36 bits per heavy atom. The zero-order chi connectivity index (χ0) is 8.27. The molecule has 2 nitrogen and oxygen atoms in total. The van der Waals surface area contributed by atoms with Crippen molar-refractivity contribution in [2.45, 2.75) is 19.8 Å². The lowest BCUT2D eigenvalue weighted by Gasteiger charge is -2.06. The maximum atomic E-state index is 8.84. The number of aromatic nitrogens is 1. The van der Waals surface area contributed by atoms with E-state index in [1.807, 2.05) is 26.0 Å². The molecule has 11 heavy (non-hydrogen) atoms. The molecule has 1 N–H and O–H groups in total. The van der Waals surface area contributed by atoms with Gasteiger partial charge in [-0.2, -0.15) is 0 Å². The zero-order valence-electron chi connectivity index (χ0n) is 6.91. The van der Waals surface area contributed by atoms with E-state index in [9.17, 15) is 0 Å². The van der Waals surface area contributed by atoms with Crippen LogP contribution in [0.1, 0.15) is 24.1 Å². The molecule has 1 atom stereocenters. The van der Waals surface area contributed by atoms with E-state index in [0.717, 1.165) is 5.69 Å². The summed E-state index contributed by atoms with van der Waals surface area (Å²) in [5.74, 6) is 0.148. The van der Waals surface area contributed by atoms with Crippen molar-refractivity contribution in [3.63, 3.8) is 0 Å². The third-order valence-corrected chi connectivity index (χ3v) is 1.72. The SMILES string of the molecule is Cc1ccnc(C(C)CO)c1. The Morgan fingerprint density at radius 1 is 1.64 bits per heavy atom. The molecule has 1 heterocycles. The van der Waals surface area contributed by atoms with Crippen LogP contribution in [0, 0.1) is 6.92 Å². The lowest BCUT2D eigenvalue weighted by Crippen LogP contribution is -2.01. The molecule has 2 heteroatoms. The van der Waals surface area contributed by atoms with Crippen molar-refractivity contribution in [2.75, 3.05) is 6.61 Å². The number of aliphatic hydroxyl groups is 1. The number of hydrogen-bond acceptors (Lipinski definition) is 2. The van der Waals surface area contributed by atoms with Gasteiger partial charge in [-0.25, -0.2) is 0 Å². The number of aryl methyl sites for hydroxylation is 1. The second-order valence-electron chi connectivity index (χ2n) is 2.84. The summed E-state index contributed by atoms with van der Waals surface area (Å²) < 4.78 is 0. The Labute approximate surface area is 66.9 Å². The van der Waals surface area contributed by atoms with Crippen LogP contribution in [0.15, 0.2) is 18.3 Å². The van der Waals surface area contributed by atoms with Gasteiger partial charge >= 0.3 is 0 Å². The fourth-order valence-corrected chi connectivity index (χ4v) is 0.923. The van der Waals surface area contributed by atoms with Crippen molar-refractivity contribution in [1.29, 1.82) is 0 Å². The number of pyridine rings is 1. The second-order valence-corrected chi connectivity index (χ2v) is 2.84. The average Bonchev–Trinajstić information content (AvgIpc) is 2.03. The molecule has 60 valence electrons. The number of nitrogens with zero attached hydrogens (tertiary/aromatic N) is 1. The van der Waals surface area contributed by atoms with Crippen LogP contribution in [0.4, 0.5) is 0 Å². The second kappa shape index (κ2) is 3.49. The Kier molecular flexibility index (Phi) is 2.60. The summed E-state index contributed by atoms with van der Waals surface area (Å²) in [4.78, 5) is 4.15. The van der Waals surface area contributed by atoms with E-state index in [-0.39, 0.29) is 12.5 Å². The van der Waals surface area contributed by atoms with E-state index in [0.29, 0.717) is 0 Å². The summed E-state index contributed by atoms with van der Waals surface area (Å²) in [5.41, 5.74) is 2.16. The molecule has 0 aromatic carbocycles. The molecule has 0 aliphatic carbocycles. The van der Waals surface area contributed by atoms with Gasteiger partial charge in [0.05, 0.1) is 6.61 Å². The summed E-state index contributed by atoms with van der Waals surface area (Å²) in [5, 5.41) is 8.84. The Hall–Kier alpha value is -0.890. The minimum atomic E-state index is 0.148. The monoisotopic (exact) mass is 151 g/mol. The van der Waals surface area contributed by atoms with Gasteiger partial charge in [-0.1, -0.05) is 6.92 Å². The Balaban J connectivity index is 2.86. The van der Waals surface area contributed by atoms with Gasteiger partial charge in [0.15, 0.2) is 0 Å². The Bertz CT molecular complexity index is 235. The molecular formula is C9H13NO. The summed E-state index contributed by atoms with van der Waals surface area (Å²) in [6.45, 7) is 4.15. The van der Waals surface area contributed by atoms with Gasteiger partial charge in [-0.05, 0) is 24.6 Å². The predicted molar refractivity (Wildman–Crippen MR) is 44.5 cm³/mol. The smallest absolute Gasteiger partial charge is 0.0512 e. The lowest BCUT2D eigenvalue weighted by molar-refractivity contribution is 0.271. The molecule has 0 aliphatic rings. The first kappa shape index (κ1) is 8.21. The molecule has 0 amide bonds. The lowest BCUT2D eigenvalue weighted by atomic mass is 10.1. The first-order valence-corrected chi connectivity index (χ1v) is 3.77. The molecule has 1 unspecified atom stereocenters. The van der Waals surface area contributed by atoms with E-state index in [1.165, 1.54) is 5.56 Å². The van der Waals surface area contributed by atoms with Crippen molar-refractivity contribution < 1.29 is 5.11 Å². The van der Waals surface area contributed by atoms with Gasteiger partial charge in [0.1, 0.15) is 0 Å². The standard InChI is InChI=1S/C9H13NO/c1-7-3-4-10-9(5-7)8(2)6-11/h3-5,8,11H,6H2,1-2H3. The van der Waals surface area contributed by atoms with Gasteiger partial charge < -0.3 is 5.11 Å². The molecule has 1 rings (SSSR count). The predicted octanol–water partition coefficient (Wildman–Crippen LogP) is 1.49. The summed E-state index contributed by atoms with van der Waals surface area (Å²) >= 11 is 0. The highest BCUT2D eigenvalue weighted by Crippen LogP contribution is 2.11. The first-order chi connectivity index (χ1) is 5.24.